The van der Waals surface area contributed by atoms with Crippen LogP contribution in [0, 0.1) is 5.41 Å². The summed E-state index contributed by atoms with van der Waals surface area (Å²) >= 11 is 0. The molecule has 1 rings (SSSR count). The number of rotatable bonds is 4. The molecule has 0 unspecified atom stereocenters. The third kappa shape index (κ3) is 1.84. The van der Waals surface area contributed by atoms with E-state index >= 15 is 0 Å². The number of allylic oxidation sites excluding steroid dienone is 2. The molecule has 0 aliphatic heterocycles. The zero-order valence-electron chi connectivity index (χ0n) is 6.77. The lowest BCUT2D eigenvalue weighted by Gasteiger charge is -2.05. The van der Waals surface area contributed by atoms with E-state index in [1.54, 1.807) is 0 Å². The quantitative estimate of drug-likeness (QED) is 0.593. The Morgan fingerprint density at radius 3 is 2.60 bits per heavy atom. The van der Waals surface area contributed by atoms with Crippen molar-refractivity contribution in [2.24, 2.45) is 11.1 Å². The molecule has 1 heteroatoms. The average molecular weight is 139 g/mol. The Balaban J connectivity index is 2.30. The van der Waals surface area contributed by atoms with Crippen LogP contribution in [0.2, 0.25) is 0 Å². The van der Waals surface area contributed by atoms with E-state index in [1.807, 2.05) is 0 Å². The molecular weight excluding hydrogens is 122 g/mol. The summed E-state index contributed by atoms with van der Waals surface area (Å²) in [5.41, 5.74) is 6.04. The highest BCUT2D eigenvalue weighted by molar-refractivity contribution is 5.08. The molecule has 1 nitrogen and oxygen atoms in total. The molecule has 0 radical (unpaired) electrons. The Kier molecular flexibility index (Phi) is 2.50. The molecule has 0 amide bonds. The maximum Gasteiger partial charge on any atom is -0.00690 e. The summed E-state index contributed by atoms with van der Waals surface area (Å²) in [6.07, 6.45) is 9.69. The van der Waals surface area contributed by atoms with Crippen molar-refractivity contribution in [1.82, 2.24) is 0 Å². The van der Waals surface area contributed by atoms with Crippen molar-refractivity contribution in [2.75, 3.05) is 6.54 Å². The second-order valence-corrected chi connectivity index (χ2v) is 3.21. The van der Waals surface area contributed by atoms with E-state index < -0.39 is 0 Å². The first-order valence-electron chi connectivity index (χ1n) is 4.21. The maximum atomic E-state index is 5.49. The Morgan fingerprint density at radius 2 is 2.20 bits per heavy atom. The highest BCUT2D eigenvalue weighted by Gasteiger charge is 2.38. The molecule has 58 valence electrons. The molecule has 0 aromatic rings. The van der Waals surface area contributed by atoms with Crippen molar-refractivity contribution in [3.8, 4) is 0 Å². The molecule has 1 fully saturated rings. The fourth-order valence-electron chi connectivity index (χ4n) is 1.32. The molecule has 0 heterocycles. The van der Waals surface area contributed by atoms with Crippen LogP contribution in [0.15, 0.2) is 12.2 Å². The minimum absolute atomic E-state index is 0.546. The van der Waals surface area contributed by atoms with E-state index in [0.717, 1.165) is 13.0 Å². The van der Waals surface area contributed by atoms with Gasteiger partial charge in [-0.05, 0) is 37.6 Å². The van der Waals surface area contributed by atoms with Gasteiger partial charge in [0.05, 0.1) is 0 Å². The Bertz CT molecular complexity index is 123. The van der Waals surface area contributed by atoms with Gasteiger partial charge in [0, 0.05) is 0 Å². The van der Waals surface area contributed by atoms with E-state index in [2.05, 4.69) is 19.1 Å². The predicted octanol–water partition coefficient (Wildman–Crippen LogP) is 2.08. The lowest BCUT2D eigenvalue weighted by atomic mass is 10.0. The van der Waals surface area contributed by atoms with Crippen LogP contribution >= 0.6 is 0 Å². The van der Waals surface area contributed by atoms with Gasteiger partial charge in [-0.1, -0.05) is 19.1 Å². The normalized spacial score (nSPS) is 21.8. The summed E-state index contributed by atoms with van der Waals surface area (Å²) in [4.78, 5) is 0. The topological polar surface area (TPSA) is 26.0 Å². The van der Waals surface area contributed by atoms with Crippen LogP contribution in [0.4, 0.5) is 0 Å². The summed E-state index contributed by atoms with van der Waals surface area (Å²) in [5.74, 6) is 0. The lowest BCUT2D eigenvalue weighted by Crippen LogP contribution is -2.06. The van der Waals surface area contributed by atoms with Gasteiger partial charge >= 0.3 is 0 Å². The van der Waals surface area contributed by atoms with Crippen LogP contribution in [0.1, 0.15) is 32.6 Å². The second-order valence-electron chi connectivity index (χ2n) is 3.21. The molecule has 0 aromatic carbocycles. The van der Waals surface area contributed by atoms with Crippen molar-refractivity contribution >= 4 is 0 Å². The third-order valence-corrected chi connectivity index (χ3v) is 2.24. The van der Waals surface area contributed by atoms with Crippen molar-refractivity contribution in [1.29, 1.82) is 0 Å². The van der Waals surface area contributed by atoms with E-state index in [4.69, 9.17) is 5.73 Å². The van der Waals surface area contributed by atoms with Gasteiger partial charge in [-0.25, -0.2) is 0 Å². The standard InChI is InChI=1S/C9H17N/c1-2-3-4-9(5-6-9)7-8-10/h3-4H,2,5-8,10H2,1H3/b4-3+. The van der Waals surface area contributed by atoms with Gasteiger partial charge in [0.15, 0.2) is 0 Å². The van der Waals surface area contributed by atoms with Crippen LogP contribution in [-0.4, -0.2) is 6.54 Å². The molecule has 0 spiro atoms. The molecule has 0 atom stereocenters. The first-order valence-corrected chi connectivity index (χ1v) is 4.21. The third-order valence-electron chi connectivity index (χ3n) is 2.24. The smallest absolute Gasteiger partial charge is 0.00690 e. The largest absolute Gasteiger partial charge is 0.330 e. The summed E-state index contributed by atoms with van der Waals surface area (Å²) in [6.45, 7) is 3.02. The SMILES string of the molecule is CC/C=C/C1(CCN)CC1. The predicted molar refractivity (Wildman–Crippen MR) is 44.8 cm³/mol. The Morgan fingerprint density at radius 1 is 1.50 bits per heavy atom. The van der Waals surface area contributed by atoms with Crippen molar-refractivity contribution < 1.29 is 0 Å². The van der Waals surface area contributed by atoms with Gasteiger partial charge < -0.3 is 5.73 Å². The monoisotopic (exact) mass is 139 g/mol. The zero-order chi connectivity index (χ0) is 7.45. The van der Waals surface area contributed by atoms with Crippen LogP contribution in [-0.2, 0) is 0 Å². The van der Waals surface area contributed by atoms with Crippen LogP contribution in [0.5, 0.6) is 0 Å². The van der Waals surface area contributed by atoms with E-state index in [0.29, 0.717) is 5.41 Å². The summed E-state index contributed by atoms with van der Waals surface area (Å²) in [7, 11) is 0. The fraction of sp³-hybridized carbons (Fsp3) is 0.778. The van der Waals surface area contributed by atoms with Gasteiger partial charge in [-0.3, -0.25) is 0 Å². The average Bonchev–Trinajstić information content (AvgIpc) is 2.67. The van der Waals surface area contributed by atoms with Gasteiger partial charge in [-0.15, -0.1) is 0 Å². The zero-order valence-corrected chi connectivity index (χ0v) is 6.77. The molecule has 0 saturated heterocycles. The molecule has 0 aromatic heterocycles. The van der Waals surface area contributed by atoms with Crippen molar-refractivity contribution in [2.45, 2.75) is 32.6 Å². The Hall–Kier alpha value is -0.300. The van der Waals surface area contributed by atoms with Crippen LogP contribution in [0.3, 0.4) is 0 Å². The van der Waals surface area contributed by atoms with Gasteiger partial charge in [0.2, 0.25) is 0 Å². The lowest BCUT2D eigenvalue weighted by molar-refractivity contribution is 0.591. The minimum Gasteiger partial charge on any atom is -0.330 e. The molecule has 1 aliphatic rings. The van der Waals surface area contributed by atoms with Gasteiger partial charge in [-0.2, -0.15) is 0 Å². The number of hydrogen-bond donors (Lipinski definition) is 1. The van der Waals surface area contributed by atoms with Crippen LogP contribution < -0.4 is 5.73 Å². The van der Waals surface area contributed by atoms with E-state index in [-0.39, 0.29) is 0 Å². The summed E-state index contributed by atoms with van der Waals surface area (Å²) < 4.78 is 0. The highest BCUT2D eigenvalue weighted by Crippen LogP contribution is 2.49. The number of nitrogens with two attached hydrogens (primary N) is 1. The molecule has 1 saturated carbocycles. The first kappa shape index (κ1) is 7.80. The summed E-state index contributed by atoms with van der Waals surface area (Å²) in [5, 5.41) is 0. The van der Waals surface area contributed by atoms with E-state index in [1.165, 1.54) is 19.3 Å². The van der Waals surface area contributed by atoms with Gasteiger partial charge in [0.25, 0.3) is 0 Å². The minimum atomic E-state index is 0.546. The summed E-state index contributed by atoms with van der Waals surface area (Å²) in [6, 6.07) is 0. The van der Waals surface area contributed by atoms with E-state index in [9.17, 15) is 0 Å². The second kappa shape index (κ2) is 3.20. The molecular formula is C9H17N. The maximum absolute atomic E-state index is 5.49. The van der Waals surface area contributed by atoms with Crippen molar-refractivity contribution in [3.63, 3.8) is 0 Å². The Labute approximate surface area is 63.3 Å². The number of hydrogen-bond acceptors (Lipinski definition) is 1. The van der Waals surface area contributed by atoms with Crippen LogP contribution in [0.25, 0.3) is 0 Å². The highest BCUT2D eigenvalue weighted by atomic mass is 14.6. The molecule has 2 N–H and O–H groups in total. The van der Waals surface area contributed by atoms with Crippen molar-refractivity contribution in [3.05, 3.63) is 12.2 Å². The fourth-order valence-corrected chi connectivity index (χ4v) is 1.32. The van der Waals surface area contributed by atoms with Gasteiger partial charge in [0.1, 0.15) is 0 Å². The first-order chi connectivity index (χ1) is 4.83. The molecule has 0 bridgehead atoms. The molecule has 10 heavy (non-hydrogen) atoms. The molecule has 1 aliphatic carbocycles.